The van der Waals surface area contributed by atoms with Gasteiger partial charge in [0.25, 0.3) is 0 Å². The number of hydrogen-bond acceptors (Lipinski definition) is 2. The number of carbonyl (C=O) groups excluding carboxylic acids is 1. The third-order valence-corrected chi connectivity index (χ3v) is 2.37. The van der Waals surface area contributed by atoms with E-state index in [1.165, 1.54) is 11.1 Å². The highest BCUT2D eigenvalue weighted by Gasteiger charge is 1.98. The lowest BCUT2D eigenvalue weighted by molar-refractivity contribution is -0.141. The van der Waals surface area contributed by atoms with Crippen molar-refractivity contribution in [3.05, 3.63) is 34.9 Å². The lowest BCUT2D eigenvalue weighted by Crippen LogP contribution is -2.01. The van der Waals surface area contributed by atoms with Crippen molar-refractivity contribution in [3.63, 3.8) is 0 Å². The van der Waals surface area contributed by atoms with Crippen LogP contribution in [0.4, 0.5) is 0 Å². The van der Waals surface area contributed by atoms with Crippen molar-refractivity contribution in [2.24, 2.45) is 0 Å². The molecule has 1 aromatic rings. The molecule has 0 fully saturated rings. The molecule has 16 heavy (non-hydrogen) atoms. The first-order valence-corrected chi connectivity index (χ1v) is 5.36. The van der Waals surface area contributed by atoms with Crippen molar-refractivity contribution >= 4 is 5.97 Å². The van der Waals surface area contributed by atoms with Gasteiger partial charge >= 0.3 is 5.97 Å². The van der Waals surface area contributed by atoms with Crippen LogP contribution in [0, 0.1) is 25.7 Å². The van der Waals surface area contributed by atoms with Gasteiger partial charge < -0.3 is 4.74 Å². The van der Waals surface area contributed by atoms with Gasteiger partial charge in [-0.1, -0.05) is 24.0 Å². The molecule has 0 unspecified atom stereocenters. The van der Waals surface area contributed by atoms with Crippen molar-refractivity contribution in [3.8, 4) is 11.8 Å². The van der Waals surface area contributed by atoms with E-state index < -0.39 is 0 Å². The number of ether oxygens (including phenoxy) is 1. The molecular weight excluding hydrogens is 200 g/mol. The maximum absolute atomic E-state index is 11.1. The SMILES string of the molecule is CCOC(=O)CC#Cc1cccc(C)c1C. The van der Waals surface area contributed by atoms with E-state index >= 15 is 0 Å². The number of benzene rings is 1. The van der Waals surface area contributed by atoms with Crippen LogP contribution in [0.3, 0.4) is 0 Å². The molecule has 0 N–H and O–H groups in total. The predicted molar refractivity (Wildman–Crippen MR) is 64.0 cm³/mol. The van der Waals surface area contributed by atoms with E-state index in [1.807, 2.05) is 32.0 Å². The minimum Gasteiger partial charge on any atom is -0.465 e. The Morgan fingerprint density at radius 3 is 2.81 bits per heavy atom. The average molecular weight is 216 g/mol. The first-order chi connectivity index (χ1) is 7.65. The van der Waals surface area contributed by atoms with Crippen LogP contribution in [0.25, 0.3) is 0 Å². The Hall–Kier alpha value is -1.75. The third-order valence-electron chi connectivity index (χ3n) is 2.37. The van der Waals surface area contributed by atoms with E-state index in [0.717, 1.165) is 5.56 Å². The zero-order valence-corrected chi connectivity index (χ0v) is 9.96. The molecule has 0 aliphatic rings. The number of rotatable bonds is 2. The first kappa shape index (κ1) is 12.3. The van der Waals surface area contributed by atoms with Gasteiger partial charge in [-0.2, -0.15) is 0 Å². The summed E-state index contributed by atoms with van der Waals surface area (Å²) in [5, 5.41) is 0. The van der Waals surface area contributed by atoms with Gasteiger partial charge in [0.05, 0.1) is 6.61 Å². The molecule has 0 atom stereocenters. The smallest absolute Gasteiger partial charge is 0.317 e. The molecular formula is C14H16O2. The molecule has 0 radical (unpaired) electrons. The Labute approximate surface area is 96.6 Å². The molecule has 0 bridgehead atoms. The molecule has 0 saturated carbocycles. The summed E-state index contributed by atoms with van der Waals surface area (Å²) in [5.41, 5.74) is 3.35. The van der Waals surface area contributed by atoms with E-state index in [9.17, 15) is 4.79 Å². The van der Waals surface area contributed by atoms with Crippen LogP contribution in [-0.2, 0) is 9.53 Å². The largest absolute Gasteiger partial charge is 0.465 e. The summed E-state index contributed by atoms with van der Waals surface area (Å²) < 4.78 is 4.79. The molecule has 2 heteroatoms. The zero-order chi connectivity index (χ0) is 12.0. The zero-order valence-electron chi connectivity index (χ0n) is 9.96. The van der Waals surface area contributed by atoms with E-state index in [2.05, 4.69) is 11.8 Å². The van der Waals surface area contributed by atoms with Crippen LogP contribution in [0.5, 0.6) is 0 Å². The number of carbonyl (C=O) groups is 1. The second-order valence-corrected chi connectivity index (χ2v) is 3.53. The van der Waals surface area contributed by atoms with Gasteiger partial charge in [0.1, 0.15) is 6.42 Å². The highest BCUT2D eigenvalue weighted by atomic mass is 16.5. The van der Waals surface area contributed by atoms with Gasteiger partial charge in [-0.05, 0) is 38.0 Å². The highest BCUT2D eigenvalue weighted by molar-refractivity contribution is 5.72. The van der Waals surface area contributed by atoms with Gasteiger partial charge in [-0.3, -0.25) is 4.79 Å². The van der Waals surface area contributed by atoms with Crippen molar-refractivity contribution in [2.45, 2.75) is 27.2 Å². The summed E-state index contributed by atoms with van der Waals surface area (Å²) in [4.78, 5) is 11.1. The summed E-state index contributed by atoms with van der Waals surface area (Å²) >= 11 is 0. The molecule has 0 amide bonds. The molecule has 0 saturated heterocycles. The fraction of sp³-hybridized carbons (Fsp3) is 0.357. The maximum Gasteiger partial charge on any atom is 0.317 e. The Morgan fingerprint density at radius 2 is 2.12 bits per heavy atom. The summed E-state index contributed by atoms with van der Waals surface area (Å²) in [6.07, 6.45) is 0.154. The molecule has 0 aliphatic carbocycles. The molecule has 2 nitrogen and oxygen atoms in total. The van der Waals surface area contributed by atoms with Gasteiger partial charge in [-0.15, -0.1) is 0 Å². The Kier molecular flexibility index (Phi) is 4.60. The molecule has 84 valence electrons. The van der Waals surface area contributed by atoms with Crippen molar-refractivity contribution in [1.82, 2.24) is 0 Å². The van der Waals surface area contributed by atoms with Crippen LogP contribution in [0.15, 0.2) is 18.2 Å². The van der Waals surface area contributed by atoms with Crippen molar-refractivity contribution < 1.29 is 9.53 Å². The predicted octanol–water partition coefficient (Wildman–Crippen LogP) is 2.61. The van der Waals surface area contributed by atoms with Gasteiger partial charge in [-0.25, -0.2) is 0 Å². The number of esters is 1. The average Bonchev–Trinajstić information content (AvgIpc) is 2.25. The van der Waals surface area contributed by atoms with Gasteiger partial charge in [0.15, 0.2) is 0 Å². The monoisotopic (exact) mass is 216 g/mol. The molecule has 1 rings (SSSR count). The van der Waals surface area contributed by atoms with Gasteiger partial charge in [0, 0.05) is 5.56 Å². The fourth-order valence-corrected chi connectivity index (χ4v) is 1.31. The standard InChI is InChI=1S/C14H16O2/c1-4-16-14(15)10-6-9-13-8-5-7-11(2)12(13)3/h5,7-8H,4,10H2,1-3H3. The third kappa shape index (κ3) is 3.43. The summed E-state index contributed by atoms with van der Waals surface area (Å²) in [6.45, 7) is 6.27. The molecule has 0 aromatic heterocycles. The van der Waals surface area contributed by atoms with E-state index in [-0.39, 0.29) is 12.4 Å². The van der Waals surface area contributed by atoms with Crippen LogP contribution in [0.1, 0.15) is 30.0 Å². The van der Waals surface area contributed by atoms with E-state index in [4.69, 9.17) is 4.74 Å². The normalized spacial score (nSPS) is 9.19. The second kappa shape index (κ2) is 5.97. The highest BCUT2D eigenvalue weighted by Crippen LogP contribution is 2.10. The lowest BCUT2D eigenvalue weighted by atomic mass is 10.0. The summed E-state index contributed by atoms with van der Waals surface area (Å²) in [6, 6.07) is 5.98. The van der Waals surface area contributed by atoms with Crippen LogP contribution in [0.2, 0.25) is 0 Å². The first-order valence-electron chi connectivity index (χ1n) is 5.36. The van der Waals surface area contributed by atoms with E-state index in [1.54, 1.807) is 6.92 Å². The topological polar surface area (TPSA) is 26.3 Å². The van der Waals surface area contributed by atoms with Crippen LogP contribution >= 0.6 is 0 Å². The molecule has 0 spiro atoms. The lowest BCUT2D eigenvalue weighted by Gasteiger charge is -2.01. The summed E-state index contributed by atoms with van der Waals surface area (Å²) in [5.74, 6) is 5.56. The Balaban J connectivity index is 2.70. The van der Waals surface area contributed by atoms with E-state index in [0.29, 0.717) is 6.61 Å². The molecule has 1 aromatic carbocycles. The Bertz CT molecular complexity index is 436. The molecule has 0 heterocycles. The second-order valence-electron chi connectivity index (χ2n) is 3.53. The number of aryl methyl sites for hydroxylation is 1. The van der Waals surface area contributed by atoms with Crippen molar-refractivity contribution in [1.29, 1.82) is 0 Å². The maximum atomic E-state index is 11.1. The van der Waals surface area contributed by atoms with Crippen LogP contribution < -0.4 is 0 Å². The quantitative estimate of drug-likeness (QED) is 0.561. The van der Waals surface area contributed by atoms with Crippen molar-refractivity contribution in [2.75, 3.05) is 6.61 Å². The Morgan fingerprint density at radius 1 is 1.38 bits per heavy atom. The van der Waals surface area contributed by atoms with Crippen LogP contribution in [-0.4, -0.2) is 12.6 Å². The minimum absolute atomic E-state index is 0.154. The summed E-state index contributed by atoms with van der Waals surface area (Å²) in [7, 11) is 0. The minimum atomic E-state index is -0.264. The fourth-order valence-electron chi connectivity index (χ4n) is 1.31. The van der Waals surface area contributed by atoms with Gasteiger partial charge in [0.2, 0.25) is 0 Å². The molecule has 0 aliphatic heterocycles. The number of hydrogen-bond donors (Lipinski definition) is 0.